The fourth-order valence-electron chi connectivity index (χ4n) is 2.47. The molecule has 35 heavy (non-hydrogen) atoms. The first-order chi connectivity index (χ1) is 15.8. The lowest BCUT2D eigenvalue weighted by Gasteiger charge is -2.21. The van der Waals surface area contributed by atoms with Crippen LogP contribution in [0.25, 0.3) is 0 Å². The predicted molar refractivity (Wildman–Crippen MR) is 101 cm³/mol. The minimum absolute atomic E-state index is 0.349. The average molecular weight is 573 g/mol. The molecule has 7 N–H and O–H groups in total. The number of phosphoric acid groups is 3. The lowest BCUT2D eigenvalue weighted by Crippen LogP contribution is -2.36. The molecule has 1 aliphatic rings. The Morgan fingerprint density at radius 1 is 1.14 bits per heavy atom. The fraction of sp³-hybridized carbons (Fsp3) is 0.556. The zero-order valence-electron chi connectivity index (χ0n) is 16.3. The van der Waals surface area contributed by atoms with Gasteiger partial charge in [0.15, 0.2) is 6.23 Å². The van der Waals surface area contributed by atoms with Crippen LogP contribution in [0.3, 0.4) is 0 Å². The Balaban J connectivity index is 2.25. The first kappa shape index (κ1) is 28.8. The second-order valence-corrected chi connectivity index (χ2v) is 10.7. The third-order valence-corrected chi connectivity index (χ3v) is 7.85. The maximum atomic E-state index is 12.3. The summed E-state index contributed by atoms with van der Waals surface area (Å²) < 4.78 is 54.9. The van der Waals surface area contributed by atoms with Crippen molar-refractivity contribution in [3.05, 3.63) is 36.9 Å². The predicted octanol–water partition coefficient (Wildman–Crippen LogP) is -2.09. The molecule has 1 saturated heterocycles. The van der Waals surface area contributed by atoms with E-state index < -0.39 is 81.8 Å². The van der Waals surface area contributed by atoms with Crippen LogP contribution < -0.4 is 11.4 Å². The van der Waals surface area contributed by atoms with E-state index in [2.05, 4.69) is 22.8 Å². The third kappa shape index (κ3) is 7.54. The highest BCUT2D eigenvalue weighted by molar-refractivity contribution is 7.66. The lowest BCUT2D eigenvalue weighted by atomic mass is 10.1. The van der Waals surface area contributed by atoms with E-state index in [1.807, 2.05) is 0 Å². The van der Waals surface area contributed by atoms with Crippen molar-refractivity contribution >= 4 is 35.0 Å². The molecular weight excluding hydrogens is 559 g/mol. The summed E-state index contributed by atoms with van der Waals surface area (Å²) in [5, 5.41) is 39.9. The second kappa shape index (κ2) is 10.3. The number of anilines is 1. The van der Waals surface area contributed by atoms with Crippen molar-refractivity contribution in [3.8, 4) is 0 Å². The highest BCUT2D eigenvalue weighted by atomic mass is 31.3. The number of aromatic nitrogens is 2. The molecule has 0 spiro atoms. The highest BCUT2D eigenvalue weighted by Crippen LogP contribution is 2.68. The normalized spacial score (nSPS) is 26.0. The van der Waals surface area contributed by atoms with Crippen LogP contribution in [0, 0.1) is 20.2 Å². The van der Waals surface area contributed by atoms with Gasteiger partial charge in [0.1, 0.15) is 18.3 Å². The van der Waals surface area contributed by atoms with Gasteiger partial charge in [-0.05, 0) is 0 Å². The van der Waals surface area contributed by atoms with Gasteiger partial charge in [0, 0.05) is 0 Å². The van der Waals surface area contributed by atoms with Crippen molar-refractivity contribution in [1.29, 1.82) is 0 Å². The minimum atomic E-state index is -6.03. The molecule has 0 bridgehead atoms. The van der Waals surface area contributed by atoms with Gasteiger partial charge < -0.3 is 35.4 Å². The van der Waals surface area contributed by atoms with E-state index in [4.69, 9.17) is 20.3 Å². The Bertz CT molecular complexity index is 1200. The topological polar surface area (TPSA) is 346 Å². The molecule has 0 aliphatic carbocycles. The SMILES string of the molecule is Nc1nc(=O)n([C@@H]2O[C@H](COP(=O)(O[N+](=O)[O-])OP(=O)(O)OP(=O)(O)O)C(O)C2O)cc1[N+](=O)[O-]. The molecule has 26 heteroatoms. The molecule has 4 unspecified atom stereocenters. The zero-order valence-corrected chi connectivity index (χ0v) is 19.0. The number of hydrogen-bond acceptors (Lipinski definition) is 17. The van der Waals surface area contributed by atoms with E-state index in [0.29, 0.717) is 10.8 Å². The van der Waals surface area contributed by atoms with Gasteiger partial charge in [-0.25, -0.2) is 18.5 Å². The molecule has 2 heterocycles. The van der Waals surface area contributed by atoms with Crippen LogP contribution in [-0.4, -0.2) is 69.4 Å². The third-order valence-electron chi connectivity index (χ3n) is 3.75. The van der Waals surface area contributed by atoms with E-state index in [1.165, 1.54) is 0 Å². The van der Waals surface area contributed by atoms with Gasteiger partial charge in [0.2, 0.25) is 5.82 Å². The van der Waals surface area contributed by atoms with Crippen molar-refractivity contribution in [3.63, 3.8) is 0 Å². The molecule has 1 aromatic heterocycles. The highest BCUT2D eigenvalue weighted by Gasteiger charge is 2.48. The number of nitrogens with two attached hydrogens (primary N) is 1. The number of ether oxygens (including phenoxy) is 1. The van der Waals surface area contributed by atoms with E-state index in [0.717, 1.165) is 0 Å². The average Bonchev–Trinajstić information content (AvgIpc) is 2.91. The summed E-state index contributed by atoms with van der Waals surface area (Å²) in [6.45, 7) is -1.32. The van der Waals surface area contributed by atoms with Crippen molar-refractivity contribution < 1.29 is 71.1 Å². The van der Waals surface area contributed by atoms with Crippen LogP contribution >= 0.6 is 23.5 Å². The van der Waals surface area contributed by atoms with Crippen LogP contribution in [0.15, 0.2) is 11.0 Å². The van der Waals surface area contributed by atoms with Gasteiger partial charge in [-0.3, -0.25) is 19.2 Å². The van der Waals surface area contributed by atoms with Gasteiger partial charge in [-0.1, -0.05) is 0 Å². The molecule has 23 nitrogen and oxygen atoms in total. The van der Waals surface area contributed by atoms with Gasteiger partial charge >= 0.3 is 39.9 Å². The van der Waals surface area contributed by atoms with E-state index in [9.17, 15) is 53.8 Å². The summed E-state index contributed by atoms with van der Waals surface area (Å²) >= 11 is 0. The molecule has 2 rings (SSSR count). The van der Waals surface area contributed by atoms with Crippen molar-refractivity contribution in [2.45, 2.75) is 24.5 Å². The summed E-state index contributed by atoms with van der Waals surface area (Å²) in [5.41, 5.74) is 3.07. The van der Waals surface area contributed by atoms with Gasteiger partial charge in [0.05, 0.1) is 17.7 Å². The molecule has 198 valence electrons. The molecular formula is C9H14N5O18P3. The van der Waals surface area contributed by atoms with Crippen molar-refractivity contribution in [1.82, 2.24) is 9.55 Å². The molecule has 6 atom stereocenters. The standard InChI is InChI=1S/C9H14N5O18P3/c10-7-3(13(18)19)1-12(9(17)11-7)8-6(16)5(15)4(29-8)2-28-35(27,30-14(20)21)32-34(25,26)31-33(22,23)24/h1,4-6,8,15-16H,2H2,(H,25,26)(H2,10,11,17)(H2,22,23,24)/t4-,5?,6?,8-,35?/m1/s1. The fourth-order valence-corrected chi connectivity index (χ4v) is 5.80. The minimum Gasteiger partial charge on any atom is -0.387 e. The Labute approximate surface area is 190 Å². The maximum absolute atomic E-state index is 12.3. The molecule has 0 saturated carbocycles. The van der Waals surface area contributed by atoms with E-state index in [1.54, 1.807) is 0 Å². The number of aliphatic hydroxyl groups excluding tert-OH is 2. The Hall–Kier alpha value is -2.39. The summed E-state index contributed by atoms with van der Waals surface area (Å²) in [7, 11) is -17.6. The van der Waals surface area contributed by atoms with E-state index in [-0.39, 0.29) is 0 Å². The number of nitrogen functional groups attached to an aromatic ring is 1. The first-order valence-electron chi connectivity index (χ1n) is 8.28. The summed E-state index contributed by atoms with van der Waals surface area (Å²) in [5.74, 6) is -0.787. The van der Waals surface area contributed by atoms with Crippen LogP contribution in [-0.2, 0) is 36.2 Å². The van der Waals surface area contributed by atoms with Gasteiger partial charge in [-0.2, -0.15) is 18.2 Å². The van der Waals surface area contributed by atoms with Crippen LogP contribution in [0.1, 0.15) is 6.23 Å². The van der Waals surface area contributed by atoms with Crippen LogP contribution in [0.4, 0.5) is 11.5 Å². The molecule has 1 aliphatic heterocycles. The number of rotatable bonds is 11. The van der Waals surface area contributed by atoms with Crippen LogP contribution in [0.2, 0.25) is 0 Å². The van der Waals surface area contributed by atoms with Gasteiger partial charge in [0.25, 0.3) is 0 Å². The Morgan fingerprint density at radius 3 is 2.26 bits per heavy atom. The molecule has 1 aromatic rings. The quantitative estimate of drug-likeness (QED) is 0.0938. The number of nitro groups is 1. The summed E-state index contributed by atoms with van der Waals surface area (Å²) in [6.07, 6.45) is -7.37. The molecule has 0 radical (unpaired) electrons. The summed E-state index contributed by atoms with van der Waals surface area (Å²) in [4.78, 5) is 62.0. The second-order valence-electron chi connectivity index (χ2n) is 6.18. The molecule has 1 fully saturated rings. The maximum Gasteiger partial charge on any atom is 0.515 e. The van der Waals surface area contributed by atoms with Crippen LogP contribution in [0.5, 0.6) is 0 Å². The first-order valence-corrected chi connectivity index (χ1v) is 12.8. The number of nitrogens with zero attached hydrogens (tertiary/aromatic N) is 4. The number of hydrogen-bond donors (Lipinski definition) is 6. The Morgan fingerprint density at radius 2 is 1.74 bits per heavy atom. The smallest absolute Gasteiger partial charge is 0.387 e. The zero-order chi connectivity index (χ0) is 26.9. The van der Waals surface area contributed by atoms with Crippen molar-refractivity contribution in [2.24, 2.45) is 0 Å². The largest absolute Gasteiger partial charge is 0.515 e. The Kier molecular flexibility index (Phi) is 8.49. The van der Waals surface area contributed by atoms with E-state index >= 15 is 0 Å². The van der Waals surface area contributed by atoms with Crippen molar-refractivity contribution in [2.75, 3.05) is 12.3 Å². The lowest BCUT2D eigenvalue weighted by molar-refractivity contribution is -0.717. The number of aliphatic hydroxyl groups is 2. The molecule has 0 amide bonds. The monoisotopic (exact) mass is 573 g/mol. The summed E-state index contributed by atoms with van der Waals surface area (Å²) in [6, 6.07) is 0. The molecule has 0 aromatic carbocycles. The van der Waals surface area contributed by atoms with Gasteiger partial charge in [-0.15, -0.1) is 10.1 Å².